The van der Waals surface area contributed by atoms with Crippen molar-refractivity contribution < 1.29 is 18.8 Å². The van der Waals surface area contributed by atoms with E-state index >= 15 is 0 Å². The Kier molecular flexibility index (Phi) is 6.07. The van der Waals surface area contributed by atoms with Crippen LogP contribution in [0.1, 0.15) is 41.4 Å². The molecule has 2 aliphatic rings. The fourth-order valence-corrected chi connectivity index (χ4v) is 3.56. The van der Waals surface area contributed by atoms with E-state index in [0.29, 0.717) is 42.1 Å². The van der Waals surface area contributed by atoms with Gasteiger partial charge in [-0.3, -0.25) is 14.4 Å². The molecule has 158 valence electrons. The van der Waals surface area contributed by atoms with Crippen LogP contribution in [0.4, 0.5) is 10.1 Å². The van der Waals surface area contributed by atoms with E-state index in [4.69, 9.17) is 10.6 Å². The van der Waals surface area contributed by atoms with Gasteiger partial charge in [-0.1, -0.05) is 6.58 Å². The molecular formula is C22H25FN4O3. The van der Waals surface area contributed by atoms with Crippen molar-refractivity contribution in [3.05, 3.63) is 58.7 Å². The lowest BCUT2D eigenvalue weighted by atomic mass is 10.0. The van der Waals surface area contributed by atoms with Gasteiger partial charge in [0.2, 0.25) is 5.91 Å². The molecule has 2 amide bonds. The molecule has 0 saturated carbocycles. The SMILES string of the molecule is C=C(N)c1c(C)[nH]c(/C=C2\C(=O)Nc3ccc(F)cc32)c1C.CCN1OCCC1=O. The van der Waals surface area contributed by atoms with Crippen molar-refractivity contribution in [2.75, 3.05) is 18.5 Å². The van der Waals surface area contributed by atoms with Crippen LogP contribution in [0.2, 0.25) is 0 Å². The predicted molar refractivity (Wildman–Crippen MR) is 114 cm³/mol. The zero-order valence-corrected chi connectivity index (χ0v) is 17.3. The number of carbonyl (C=O) groups excluding carboxylic acids is 2. The summed E-state index contributed by atoms with van der Waals surface area (Å²) in [7, 11) is 0. The van der Waals surface area contributed by atoms with E-state index in [1.165, 1.54) is 17.2 Å². The molecule has 1 aromatic carbocycles. The smallest absolute Gasteiger partial charge is 0.256 e. The molecule has 2 aliphatic heterocycles. The molecule has 0 unspecified atom stereocenters. The molecule has 8 heteroatoms. The molecule has 0 radical (unpaired) electrons. The molecule has 1 fully saturated rings. The summed E-state index contributed by atoms with van der Waals surface area (Å²) in [5.41, 5.74) is 11.3. The Morgan fingerprint density at radius 2 is 2.10 bits per heavy atom. The third-order valence-electron chi connectivity index (χ3n) is 4.98. The number of amides is 2. The maximum atomic E-state index is 13.5. The van der Waals surface area contributed by atoms with Crippen molar-refractivity contribution in [2.45, 2.75) is 27.2 Å². The van der Waals surface area contributed by atoms with Gasteiger partial charge in [-0.15, -0.1) is 0 Å². The summed E-state index contributed by atoms with van der Waals surface area (Å²) < 4.78 is 13.5. The van der Waals surface area contributed by atoms with Crippen LogP contribution in [-0.2, 0) is 14.4 Å². The zero-order chi connectivity index (χ0) is 22.0. The number of hydrogen-bond donors (Lipinski definition) is 3. The van der Waals surface area contributed by atoms with Gasteiger partial charge in [-0.05, 0) is 50.6 Å². The first-order valence-electron chi connectivity index (χ1n) is 9.63. The van der Waals surface area contributed by atoms with Crippen LogP contribution in [0.3, 0.4) is 0 Å². The number of H-pyrrole nitrogens is 1. The summed E-state index contributed by atoms with van der Waals surface area (Å²) in [6, 6.07) is 4.24. The normalized spacial score (nSPS) is 16.4. The average molecular weight is 412 g/mol. The van der Waals surface area contributed by atoms with Gasteiger partial charge in [0.15, 0.2) is 0 Å². The second kappa shape index (κ2) is 8.54. The summed E-state index contributed by atoms with van der Waals surface area (Å²) in [5, 5.41) is 4.12. The highest BCUT2D eigenvalue weighted by Crippen LogP contribution is 2.34. The molecule has 0 atom stereocenters. The van der Waals surface area contributed by atoms with Crippen LogP contribution < -0.4 is 11.1 Å². The van der Waals surface area contributed by atoms with E-state index in [2.05, 4.69) is 16.9 Å². The van der Waals surface area contributed by atoms with E-state index in [9.17, 15) is 14.0 Å². The highest BCUT2D eigenvalue weighted by atomic mass is 19.1. The monoisotopic (exact) mass is 412 g/mol. The third kappa shape index (κ3) is 4.13. The van der Waals surface area contributed by atoms with Gasteiger partial charge in [0.05, 0.1) is 18.6 Å². The van der Waals surface area contributed by atoms with Crippen molar-refractivity contribution in [2.24, 2.45) is 5.73 Å². The molecular weight excluding hydrogens is 387 g/mol. The highest BCUT2D eigenvalue weighted by Gasteiger charge is 2.25. The Morgan fingerprint density at radius 3 is 2.63 bits per heavy atom. The van der Waals surface area contributed by atoms with Crippen molar-refractivity contribution >= 4 is 34.8 Å². The van der Waals surface area contributed by atoms with Crippen molar-refractivity contribution in [1.82, 2.24) is 10.0 Å². The Morgan fingerprint density at radius 1 is 1.37 bits per heavy atom. The topological polar surface area (TPSA) is 100 Å². The summed E-state index contributed by atoms with van der Waals surface area (Å²) in [5.74, 6) is -0.524. The van der Waals surface area contributed by atoms with Gasteiger partial charge >= 0.3 is 0 Å². The number of carbonyl (C=O) groups is 2. The van der Waals surface area contributed by atoms with Crippen LogP contribution in [0.5, 0.6) is 0 Å². The van der Waals surface area contributed by atoms with Crippen molar-refractivity contribution in [3.63, 3.8) is 0 Å². The van der Waals surface area contributed by atoms with Crippen molar-refractivity contribution in [1.29, 1.82) is 0 Å². The Balaban J connectivity index is 0.000000269. The number of anilines is 1. The number of hydroxylamine groups is 2. The van der Waals surface area contributed by atoms with Gasteiger partial charge in [-0.2, -0.15) is 0 Å². The lowest BCUT2D eigenvalue weighted by molar-refractivity contribution is -0.160. The maximum Gasteiger partial charge on any atom is 0.256 e. The fourth-order valence-electron chi connectivity index (χ4n) is 3.56. The van der Waals surface area contributed by atoms with E-state index in [0.717, 1.165) is 22.5 Å². The molecule has 4 N–H and O–H groups in total. The quantitative estimate of drug-likeness (QED) is 0.673. The van der Waals surface area contributed by atoms with E-state index in [1.807, 2.05) is 20.8 Å². The predicted octanol–water partition coefficient (Wildman–Crippen LogP) is 3.36. The Bertz CT molecular complexity index is 1050. The van der Waals surface area contributed by atoms with E-state index in [-0.39, 0.29) is 17.6 Å². The molecule has 0 aliphatic carbocycles. The minimum absolute atomic E-state index is 0.104. The number of nitrogens with zero attached hydrogens (tertiary/aromatic N) is 1. The Labute approximate surface area is 174 Å². The van der Waals surface area contributed by atoms with Crippen LogP contribution in [0, 0.1) is 19.7 Å². The number of nitrogens with two attached hydrogens (primary N) is 1. The fraction of sp³-hybridized carbons (Fsp3) is 0.273. The maximum absolute atomic E-state index is 13.5. The zero-order valence-electron chi connectivity index (χ0n) is 17.3. The van der Waals surface area contributed by atoms with Gasteiger partial charge in [-0.25, -0.2) is 9.45 Å². The summed E-state index contributed by atoms with van der Waals surface area (Å²) >= 11 is 0. The summed E-state index contributed by atoms with van der Waals surface area (Å²) in [4.78, 5) is 30.8. The first-order chi connectivity index (χ1) is 14.2. The highest BCUT2D eigenvalue weighted by molar-refractivity contribution is 6.34. The first kappa shape index (κ1) is 21.3. The molecule has 0 bridgehead atoms. The number of rotatable bonds is 3. The van der Waals surface area contributed by atoms with E-state index < -0.39 is 0 Å². The molecule has 0 spiro atoms. The largest absolute Gasteiger partial charge is 0.399 e. The lowest BCUT2D eigenvalue weighted by Crippen LogP contribution is -2.22. The summed E-state index contributed by atoms with van der Waals surface area (Å²) in [6.07, 6.45) is 2.27. The minimum Gasteiger partial charge on any atom is -0.399 e. The molecule has 2 aromatic rings. The van der Waals surface area contributed by atoms with Gasteiger partial charge in [0.1, 0.15) is 5.82 Å². The number of nitrogens with one attached hydrogen (secondary N) is 2. The second-order valence-corrected chi connectivity index (χ2v) is 7.06. The van der Waals surface area contributed by atoms with Crippen LogP contribution in [0.15, 0.2) is 24.8 Å². The number of halogens is 1. The first-order valence-corrected chi connectivity index (χ1v) is 9.63. The molecule has 30 heavy (non-hydrogen) atoms. The number of aromatic amines is 1. The standard InChI is InChI=1S/C17H16FN3O.C5H9NO2/c1-8-15(20-10(3)16(8)9(2)19)7-13-12-6-11(18)4-5-14(12)21-17(13)22;1-2-6-5(7)3-4-8-6/h4-7,20H,2,19H2,1,3H3,(H,21,22);2-4H2,1H3/b13-7-;. The van der Waals surface area contributed by atoms with Gasteiger partial charge in [0, 0.05) is 40.4 Å². The van der Waals surface area contributed by atoms with Crippen molar-refractivity contribution in [3.8, 4) is 0 Å². The summed E-state index contributed by atoms with van der Waals surface area (Å²) in [6.45, 7) is 10.7. The number of aryl methyl sites for hydroxylation is 1. The molecule has 7 nitrogen and oxygen atoms in total. The number of hydrogen-bond acceptors (Lipinski definition) is 4. The number of fused-ring (bicyclic) bond motifs is 1. The van der Waals surface area contributed by atoms with Gasteiger partial charge in [0.25, 0.3) is 5.91 Å². The number of aromatic nitrogens is 1. The number of benzene rings is 1. The molecule has 3 heterocycles. The minimum atomic E-state index is -0.378. The molecule has 4 rings (SSSR count). The third-order valence-corrected chi connectivity index (χ3v) is 4.98. The van der Waals surface area contributed by atoms with Gasteiger partial charge < -0.3 is 16.0 Å². The van der Waals surface area contributed by atoms with Crippen LogP contribution in [-0.4, -0.2) is 35.0 Å². The molecule has 1 saturated heterocycles. The van der Waals surface area contributed by atoms with Crippen LogP contribution in [0.25, 0.3) is 17.3 Å². The lowest BCUT2D eigenvalue weighted by Gasteiger charge is -2.08. The van der Waals surface area contributed by atoms with Crippen LogP contribution >= 0.6 is 0 Å². The Hall–Kier alpha value is -3.39. The second-order valence-electron chi connectivity index (χ2n) is 7.06. The average Bonchev–Trinajstić information content (AvgIpc) is 3.32. The van der Waals surface area contributed by atoms with E-state index in [1.54, 1.807) is 12.1 Å². The molecule has 1 aromatic heterocycles.